The Kier molecular flexibility index (Phi) is 3.09. The summed E-state index contributed by atoms with van der Waals surface area (Å²) < 4.78 is 28.6. The third-order valence-electron chi connectivity index (χ3n) is 3.33. The number of anilines is 1. The van der Waals surface area contributed by atoms with Crippen LogP contribution in [0.25, 0.3) is 0 Å². The minimum Gasteiger partial charge on any atom is -0.293 e. The lowest BCUT2D eigenvalue weighted by atomic mass is 9.89. The number of hydrogen-bond acceptors (Lipinski definition) is 1. The van der Waals surface area contributed by atoms with E-state index in [0.29, 0.717) is 11.3 Å². The first-order chi connectivity index (χ1) is 9.51. The van der Waals surface area contributed by atoms with E-state index in [4.69, 9.17) is 0 Å². The molecular weight excluding hydrogens is 328 g/mol. The quantitative estimate of drug-likeness (QED) is 0.753. The standard InChI is InChI=1S/C15H10BrF2NO/c16-11-8-6-10(7-9-11)13-15(17,18)14(20)19(13)12-4-2-1-3-5-12/h1-9,13H/t13-/m1/s1. The van der Waals surface area contributed by atoms with E-state index in [-0.39, 0.29) is 0 Å². The van der Waals surface area contributed by atoms with E-state index in [2.05, 4.69) is 15.9 Å². The number of hydrogen-bond donors (Lipinski definition) is 0. The third-order valence-corrected chi connectivity index (χ3v) is 3.85. The molecule has 1 amide bonds. The van der Waals surface area contributed by atoms with E-state index >= 15 is 0 Å². The largest absolute Gasteiger partial charge is 0.349 e. The number of nitrogens with zero attached hydrogens (tertiary/aromatic N) is 1. The lowest BCUT2D eigenvalue weighted by Crippen LogP contribution is -2.64. The van der Waals surface area contributed by atoms with Crippen molar-refractivity contribution >= 4 is 27.5 Å². The van der Waals surface area contributed by atoms with Gasteiger partial charge in [-0.2, -0.15) is 8.78 Å². The van der Waals surface area contributed by atoms with Gasteiger partial charge in [-0.1, -0.05) is 46.3 Å². The molecule has 3 rings (SSSR count). The molecule has 1 aliphatic heterocycles. The Bertz CT molecular complexity index is 643. The minimum absolute atomic E-state index is 0.418. The van der Waals surface area contributed by atoms with Gasteiger partial charge in [0, 0.05) is 10.2 Å². The Labute approximate surface area is 123 Å². The molecule has 1 aliphatic rings. The fourth-order valence-electron chi connectivity index (χ4n) is 2.35. The number of amides is 1. The summed E-state index contributed by atoms with van der Waals surface area (Å²) in [6, 6.07) is 13.9. The summed E-state index contributed by atoms with van der Waals surface area (Å²) in [5, 5.41) is 0. The Morgan fingerprint density at radius 3 is 2.20 bits per heavy atom. The lowest BCUT2D eigenvalue weighted by Gasteiger charge is -2.46. The summed E-state index contributed by atoms with van der Waals surface area (Å²) in [7, 11) is 0. The van der Waals surface area contributed by atoms with Crippen molar-refractivity contribution in [3.8, 4) is 0 Å². The first kappa shape index (κ1) is 13.2. The van der Waals surface area contributed by atoms with Gasteiger partial charge in [0.25, 0.3) is 0 Å². The molecule has 0 radical (unpaired) electrons. The number of para-hydroxylation sites is 1. The smallest absolute Gasteiger partial charge is 0.293 e. The maximum Gasteiger partial charge on any atom is 0.349 e. The molecule has 0 aromatic heterocycles. The number of rotatable bonds is 2. The summed E-state index contributed by atoms with van der Waals surface area (Å²) in [5.74, 6) is -4.51. The van der Waals surface area contributed by atoms with Crippen LogP contribution in [0.2, 0.25) is 0 Å². The fourth-order valence-corrected chi connectivity index (χ4v) is 2.61. The van der Waals surface area contributed by atoms with Crippen LogP contribution in [0.15, 0.2) is 59.1 Å². The number of halogens is 3. The van der Waals surface area contributed by atoms with Gasteiger partial charge in [0.1, 0.15) is 6.04 Å². The van der Waals surface area contributed by atoms with Crippen molar-refractivity contribution in [3.05, 3.63) is 64.6 Å². The van der Waals surface area contributed by atoms with Gasteiger partial charge in [0.05, 0.1) is 0 Å². The average molecular weight is 338 g/mol. The van der Waals surface area contributed by atoms with Crippen molar-refractivity contribution in [2.45, 2.75) is 12.0 Å². The third kappa shape index (κ3) is 1.93. The van der Waals surface area contributed by atoms with Crippen molar-refractivity contribution in [2.24, 2.45) is 0 Å². The van der Waals surface area contributed by atoms with Crippen LogP contribution < -0.4 is 4.90 Å². The normalized spacial score (nSPS) is 20.6. The van der Waals surface area contributed by atoms with Crippen molar-refractivity contribution in [2.75, 3.05) is 4.90 Å². The SMILES string of the molecule is O=C1N(c2ccccc2)[C@H](c2ccc(Br)cc2)C1(F)F. The summed E-state index contributed by atoms with van der Waals surface area (Å²) in [4.78, 5) is 12.8. The fraction of sp³-hybridized carbons (Fsp3) is 0.133. The molecule has 0 spiro atoms. The molecule has 20 heavy (non-hydrogen) atoms. The van der Waals surface area contributed by atoms with Crippen LogP contribution in [0.3, 0.4) is 0 Å². The Morgan fingerprint density at radius 1 is 1.00 bits per heavy atom. The van der Waals surface area contributed by atoms with E-state index in [1.165, 1.54) is 0 Å². The highest BCUT2D eigenvalue weighted by molar-refractivity contribution is 9.10. The molecule has 0 saturated carbocycles. The summed E-state index contributed by atoms with van der Waals surface area (Å²) in [5.41, 5.74) is 0.901. The van der Waals surface area contributed by atoms with Gasteiger partial charge in [-0.05, 0) is 29.8 Å². The van der Waals surface area contributed by atoms with E-state index in [9.17, 15) is 13.6 Å². The molecule has 0 bridgehead atoms. The second-order valence-electron chi connectivity index (χ2n) is 4.59. The number of carbonyl (C=O) groups is 1. The Balaban J connectivity index is 2.02. The van der Waals surface area contributed by atoms with Gasteiger partial charge in [0.2, 0.25) is 0 Å². The zero-order valence-electron chi connectivity index (χ0n) is 10.3. The molecular formula is C15H10BrF2NO. The predicted octanol–water partition coefficient (Wildman–Crippen LogP) is 4.17. The van der Waals surface area contributed by atoms with Crippen molar-refractivity contribution < 1.29 is 13.6 Å². The van der Waals surface area contributed by atoms with Crippen molar-refractivity contribution in [3.63, 3.8) is 0 Å². The van der Waals surface area contributed by atoms with Crippen LogP contribution in [-0.2, 0) is 4.79 Å². The summed E-state index contributed by atoms with van der Waals surface area (Å²) in [6.07, 6.45) is 0. The zero-order chi connectivity index (χ0) is 14.3. The van der Waals surface area contributed by atoms with E-state index in [0.717, 1.165) is 9.37 Å². The van der Waals surface area contributed by atoms with Crippen LogP contribution in [-0.4, -0.2) is 11.8 Å². The molecule has 0 unspecified atom stereocenters. The average Bonchev–Trinajstić information content (AvgIpc) is 2.46. The van der Waals surface area contributed by atoms with Gasteiger partial charge >= 0.3 is 11.8 Å². The van der Waals surface area contributed by atoms with Crippen LogP contribution in [0.5, 0.6) is 0 Å². The number of benzene rings is 2. The van der Waals surface area contributed by atoms with Crippen molar-refractivity contribution in [1.29, 1.82) is 0 Å². The topological polar surface area (TPSA) is 20.3 Å². The van der Waals surface area contributed by atoms with Gasteiger partial charge in [-0.25, -0.2) is 0 Å². The maximum atomic E-state index is 13.9. The highest BCUT2D eigenvalue weighted by Crippen LogP contribution is 2.49. The lowest BCUT2D eigenvalue weighted by molar-refractivity contribution is -0.162. The summed E-state index contributed by atoms with van der Waals surface area (Å²) >= 11 is 3.27. The van der Waals surface area contributed by atoms with Gasteiger partial charge < -0.3 is 0 Å². The monoisotopic (exact) mass is 337 g/mol. The number of β-lactam (4-membered cyclic amide) rings is 1. The van der Waals surface area contributed by atoms with Crippen LogP contribution in [0, 0.1) is 0 Å². The second kappa shape index (κ2) is 4.66. The first-order valence-corrected chi connectivity index (χ1v) is 6.83. The van der Waals surface area contributed by atoms with Crippen molar-refractivity contribution in [1.82, 2.24) is 0 Å². The van der Waals surface area contributed by atoms with E-state index < -0.39 is 17.9 Å². The van der Waals surface area contributed by atoms with E-state index in [1.807, 2.05) is 0 Å². The molecule has 2 aromatic carbocycles. The molecule has 1 saturated heterocycles. The molecule has 5 heteroatoms. The first-order valence-electron chi connectivity index (χ1n) is 6.04. The summed E-state index contributed by atoms with van der Waals surface area (Å²) in [6.45, 7) is 0. The maximum absolute atomic E-state index is 13.9. The Hall–Kier alpha value is -1.75. The van der Waals surface area contributed by atoms with Gasteiger partial charge in [-0.15, -0.1) is 0 Å². The molecule has 1 fully saturated rings. The Morgan fingerprint density at radius 2 is 1.60 bits per heavy atom. The van der Waals surface area contributed by atoms with Crippen LogP contribution in [0.4, 0.5) is 14.5 Å². The second-order valence-corrected chi connectivity index (χ2v) is 5.50. The zero-order valence-corrected chi connectivity index (χ0v) is 11.8. The number of carbonyl (C=O) groups excluding carboxylic acids is 1. The van der Waals surface area contributed by atoms with Crippen LogP contribution in [0.1, 0.15) is 11.6 Å². The highest BCUT2D eigenvalue weighted by atomic mass is 79.9. The number of alkyl halides is 2. The molecule has 102 valence electrons. The molecule has 0 N–H and O–H groups in total. The predicted molar refractivity (Wildman–Crippen MR) is 75.8 cm³/mol. The molecule has 1 atom stereocenters. The van der Waals surface area contributed by atoms with Crippen LogP contribution >= 0.6 is 15.9 Å². The molecule has 0 aliphatic carbocycles. The minimum atomic E-state index is -3.36. The molecule has 1 heterocycles. The molecule has 2 aromatic rings. The highest BCUT2D eigenvalue weighted by Gasteiger charge is 2.64. The van der Waals surface area contributed by atoms with E-state index in [1.54, 1.807) is 54.6 Å². The van der Waals surface area contributed by atoms with Gasteiger partial charge in [-0.3, -0.25) is 9.69 Å². The molecule has 2 nitrogen and oxygen atoms in total. The van der Waals surface area contributed by atoms with Gasteiger partial charge in [0.15, 0.2) is 0 Å².